The quantitative estimate of drug-likeness (QED) is 0.387. The maximum absolute atomic E-state index is 14.7. The molecule has 0 aliphatic carbocycles. The molecule has 0 spiro atoms. The maximum Gasteiger partial charge on any atom is 0.263 e. The van der Waals surface area contributed by atoms with Crippen LogP contribution in [-0.2, 0) is 0 Å². The average molecular weight is 521 g/mol. The van der Waals surface area contributed by atoms with Crippen LogP contribution in [0, 0.1) is 11.6 Å². The first-order chi connectivity index (χ1) is 18.5. The molecule has 4 heterocycles. The van der Waals surface area contributed by atoms with Gasteiger partial charge in [0.05, 0.1) is 12.6 Å². The third-order valence-electron chi connectivity index (χ3n) is 7.42. The molecule has 0 radical (unpaired) electrons. The lowest BCUT2D eigenvalue weighted by molar-refractivity contribution is 0.102. The van der Waals surface area contributed by atoms with Crippen molar-refractivity contribution in [2.75, 3.05) is 29.9 Å². The number of nitrogens with one attached hydrogen (secondary N) is 2. The highest BCUT2D eigenvalue weighted by Crippen LogP contribution is 2.40. The molecule has 10 heteroatoms. The summed E-state index contributed by atoms with van der Waals surface area (Å²) in [5.74, 6) is -1.07. The Kier molecular flexibility index (Phi) is 6.49. The van der Waals surface area contributed by atoms with Gasteiger partial charge in [0.2, 0.25) is 0 Å². The molecule has 2 atom stereocenters. The van der Waals surface area contributed by atoms with E-state index in [1.165, 1.54) is 21.2 Å². The van der Waals surface area contributed by atoms with Crippen molar-refractivity contribution in [2.45, 2.75) is 37.4 Å². The third kappa shape index (κ3) is 4.60. The molecule has 2 fully saturated rings. The molecule has 0 saturated carbocycles. The summed E-state index contributed by atoms with van der Waals surface area (Å²) in [5.41, 5.74) is 2.28. The summed E-state index contributed by atoms with van der Waals surface area (Å²) in [5, 5.41) is 10.8. The molecule has 2 aliphatic heterocycles. The monoisotopic (exact) mass is 520 g/mol. The van der Waals surface area contributed by atoms with E-state index >= 15 is 0 Å². The smallest absolute Gasteiger partial charge is 0.263 e. The van der Waals surface area contributed by atoms with Crippen molar-refractivity contribution >= 4 is 23.1 Å². The van der Waals surface area contributed by atoms with Gasteiger partial charge in [0, 0.05) is 30.1 Å². The Morgan fingerprint density at radius 3 is 2.66 bits per heavy atom. The Morgan fingerprint density at radius 1 is 1.08 bits per heavy atom. The number of nitrogens with zero attached hydrogens (tertiary/aromatic N) is 4. The fraction of sp³-hybridized carbons (Fsp3) is 0.321. The molecule has 38 heavy (non-hydrogen) atoms. The molecular formula is C28H27F3N6O. The topological polar surface area (TPSA) is 74.6 Å². The fourth-order valence-corrected chi connectivity index (χ4v) is 5.55. The summed E-state index contributed by atoms with van der Waals surface area (Å²) in [6.07, 6.45) is 3.96. The molecule has 2 aromatic carbocycles. The van der Waals surface area contributed by atoms with Gasteiger partial charge < -0.3 is 15.5 Å². The maximum atomic E-state index is 14.7. The zero-order valence-corrected chi connectivity index (χ0v) is 20.6. The molecule has 2 N–H and O–H groups in total. The van der Waals surface area contributed by atoms with Crippen molar-refractivity contribution in [2.24, 2.45) is 0 Å². The first kappa shape index (κ1) is 24.4. The van der Waals surface area contributed by atoms with Gasteiger partial charge >= 0.3 is 0 Å². The first-order valence-electron chi connectivity index (χ1n) is 12.8. The third-order valence-corrected chi connectivity index (χ3v) is 7.42. The number of carbonyl (C=O) groups excluding carboxylic acids is 1. The van der Waals surface area contributed by atoms with Crippen LogP contribution in [0.5, 0.6) is 0 Å². The summed E-state index contributed by atoms with van der Waals surface area (Å²) < 4.78 is 44.9. The number of hydrogen-bond donors (Lipinski definition) is 2. The molecular weight excluding hydrogens is 493 g/mol. The van der Waals surface area contributed by atoms with Crippen LogP contribution in [0.15, 0.2) is 60.9 Å². The minimum atomic E-state index is -1.31. The molecule has 2 aromatic heterocycles. The zero-order valence-electron chi connectivity index (χ0n) is 20.6. The molecule has 2 aliphatic rings. The lowest BCUT2D eigenvalue weighted by Crippen LogP contribution is -2.27. The number of amides is 1. The predicted octanol–water partition coefficient (Wildman–Crippen LogP) is 5.02. The Hall–Kier alpha value is -3.92. The number of halogens is 3. The lowest BCUT2D eigenvalue weighted by atomic mass is 9.90. The van der Waals surface area contributed by atoms with E-state index in [9.17, 15) is 18.0 Å². The molecule has 1 unspecified atom stereocenters. The molecule has 2 saturated heterocycles. The van der Waals surface area contributed by atoms with Gasteiger partial charge in [-0.2, -0.15) is 0 Å². The Balaban J connectivity index is 1.34. The van der Waals surface area contributed by atoms with Gasteiger partial charge in [0.1, 0.15) is 23.4 Å². The van der Waals surface area contributed by atoms with Crippen LogP contribution in [0.4, 0.5) is 24.7 Å². The molecule has 0 bridgehead atoms. The van der Waals surface area contributed by atoms with Gasteiger partial charge in [-0.25, -0.2) is 22.7 Å². The van der Waals surface area contributed by atoms with E-state index in [1.54, 1.807) is 12.3 Å². The first-order valence-corrected chi connectivity index (χ1v) is 12.8. The van der Waals surface area contributed by atoms with E-state index in [2.05, 4.69) is 20.7 Å². The highest BCUT2D eigenvalue weighted by Gasteiger charge is 2.39. The second-order valence-corrected chi connectivity index (χ2v) is 9.85. The number of anilines is 2. The van der Waals surface area contributed by atoms with Crippen molar-refractivity contribution in [3.63, 3.8) is 0 Å². The van der Waals surface area contributed by atoms with Crippen molar-refractivity contribution in [1.29, 1.82) is 0 Å². The van der Waals surface area contributed by atoms with Crippen molar-refractivity contribution in [3.05, 3.63) is 89.2 Å². The van der Waals surface area contributed by atoms with E-state index in [-0.39, 0.29) is 35.6 Å². The summed E-state index contributed by atoms with van der Waals surface area (Å²) in [6, 6.07) is 11.7. The van der Waals surface area contributed by atoms with E-state index in [4.69, 9.17) is 0 Å². The summed E-state index contributed by atoms with van der Waals surface area (Å²) in [7, 11) is 0. The van der Waals surface area contributed by atoms with E-state index in [0.29, 0.717) is 11.6 Å². The number of piperidine rings is 1. The fourth-order valence-electron chi connectivity index (χ4n) is 5.55. The summed E-state index contributed by atoms with van der Waals surface area (Å²) >= 11 is 0. The number of carbonyl (C=O) groups is 1. The summed E-state index contributed by atoms with van der Waals surface area (Å²) in [4.78, 5) is 19.5. The molecule has 6 rings (SSSR count). The van der Waals surface area contributed by atoms with Crippen LogP contribution in [0.3, 0.4) is 0 Å². The van der Waals surface area contributed by atoms with E-state index in [0.717, 1.165) is 44.1 Å². The number of rotatable bonds is 5. The SMILES string of the molecule is O=C(Nc1ccc(C2CCNCC2)cc1)c1c(N2CC(F)C[C@H]2c2cc(F)ccc2F)nn2cccnc12. The van der Waals surface area contributed by atoms with Crippen LogP contribution < -0.4 is 15.5 Å². The minimum Gasteiger partial charge on any atom is -0.344 e. The molecule has 4 aromatic rings. The van der Waals surface area contributed by atoms with Crippen LogP contribution >= 0.6 is 0 Å². The molecule has 1 amide bonds. The zero-order chi connectivity index (χ0) is 26.2. The van der Waals surface area contributed by atoms with Crippen molar-refractivity contribution in [1.82, 2.24) is 19.9 Å². The van der Waals surface area contributed by atoms with Crippen LogP contribution in [0.1, 0.15) is 52.7 Å². The van der Waals surface area contributed by atoms with Crippen LogP contribution in [0.25, 0.3) is 5.65 Å². The summed E-state index contributed by atoms with van der Waals surface area (Å²) in [6.45, 7) is 1.87. The van der Waals surface area contributed by atoms with Crippen LogP contribution in [0.2, 0.25) is 0 Å². The number of fused-ring (bicyclic) bond motifs is 1. The Labute approximate surface area is 217 Å². The number of alkyl halides is 1. The Bertz CT molecular complexity index is 1470. The van der Waals surface area contributed by atoms with Gasteiger partial charge in [-0.3, -0.25) is 4.79 Å². The van der Waals surface area contributed by atoms with Gasteiger partial charge in [-0.1, -0.05) is 12.1 Å². The van der Waals surface area contributed by atoms with Crippen molar-refractivity contribution < 1.29 is 18.0 Å². The second-order valence-electron chi connectivity index (χ2n) is 9.85. The Morgan fingerprint density at radius 2 is 1.87 bits per heavy atom. The predicted molar refractivity (Wildman–Crippen MR) is 138 cm³/mol. The van der Waals surface area contributed by atoms with Gasteiger partial charge in [0.25, 0.3) is 5.91 Å². The van der Waals surface area contributed by atoms with Gasteiger partial charge in [-0.05, 0) is 73.8 Å². The standard InChI is InChI=1S/C28H27F3N6O/c29-19-4-7-23(31)22(14-19)24-15-20(30)16-36(24)27-25(26-33-10-1-13-37(26)35-27)28(38)34-21-5-2-17(3-6-21)18-8-11-32-12-9-18/h1-7,10,13-14,18,20,24,32H,8-9,11-12,15-16H2,(H,34,38)/t20?,24-/m0/s1. The number of aromatic nitrogens is 3. The lowest BCUT2D eigenvalue weighted by Gasteiger charge is -2.25. The van der Waals surface area contributed by atoms with E-state index < -0.39 is 29.8 Å². The number of benzene rings is 2. The van der Waals surface area contributed by atoms with Crippen molar-refractivity contribution in [3.8, 4) is 0 Å². The van der Waals surface area contributed by atoms with Crippen LogP contribution in [-0.4, -0.2) is 46.3 Å². The number of hydrogen-bond acceptors (Lipinski definition) is 5. The minimum absolute atomic E-state index is 0.0232. The largest absolute Gasteiger partial charge is 0.344 e. The van der Waals surface area contributed by atoms with E-state index in [1.807, 2.05) is 24.3 Å². The van der Waals surface area contributed by atoms with Gasteiger partial charge in [-0.15, -0.1) is 5.10 Å². The normalized spacial score (nSPS) is 20.2. The highest BCUT2D eigenvalue weighted by atomic mass is 19.1. The highest BCUT2D eigenvalue weighted by molar-refractivity contribution is 6.12. The average Bonchev–Trinajstić information content (AvgIpc) is 3.51. The molecule has 7 nitrogen and oxygen atoms in total. The van der Waals surface area contributed by atoms with Gasteiger partial charge in [0.15, 0.2) is 11.5 Å². The second kappa shape index (κ2) is 10.1. The molecule has 196 valence electrons.